The number of ether oxygens (including phenoxy) is 3. The van der Waals surface area contributed by atoms with E-state index in [9.17, 15) is 14.4 Å². The summed E-state index contributed by atoms with van der Waals surface area (Å²) >= 11 is 0. The molecule has 1 heterocycles. The number of nitrogens with one attached hydrogen (secondary N) is 1. The van der Waals surface area contributed by atoms with E-state index in [4.69, 9.17) is 14.2 Å². The molecule has 0 saturated heterocycles. The van der Waals surface area contributed by atoms with Crippen molar-refractivity contribution in [3.8, 4) is 5.75 Å². The van der Waals surface area contributed by atoms with E-state index in [0.29, 0.717) is 29.9 Å². The summed E-state index contributed by atoms with van der Waals surface area (Å²) in [6.45, 7) is 6.38. The quantitative estimate of drug-likeness (QED) is 0.450. The summed E-state index contributed by atoms with van der Waals surface area (Å²) in [4.78, 5) is 39.8. The molecular weight excluding hydrogens is 446 g/mol. The Balaban J connectivity index is 1.76. The Bertz CT molecular complexity index is 1050. The van der Waals surface area contributed by atoms with Gasteiger partial charge in [-0.15, -0.1) is 0 Å². The molecule has 1 aliphatic heterocycles. The molecule has 0 radical (unpaired) electrons. The van der Waals surface area contributed by atoms with Crippen molar-refractivity contribution in [1.82, 2.24) is 5.32 Å². The van der Waals surface area contributed by atoms with Crippen molar-refractivity contribution in [1.29, 1.82) is 0 Å². The van der Waals surface area contributed by atoms with Crippen LogP contribution >= 0.6 is 0 Å². The molecule has 1 aromatic rings. The molecule has 1 aromatic carbocycles. The van der Waals surface area contributed by atoms with Crippen LogP contribution in [0.3, 0.4) is 0 Å². The minimum atomic E-state index is -0.902. The number of dihydropyridines is 1. The second-order valence-corrected chi connectivity index (χ2v) is 9.76. The molecule has 0 amide bonds. The zero-order chi connectivity index (χ0) is 25.1. The monoisotopic (exact) mass is 481 g/mol. The van der Waals surface area contributed by atoms with Crippen LogP contribution in [0.15, 0.2) is 46.8 Å². The number of benzene rings is 1. The summed E-state index contributed by atoms with van der Waals surface area (Å²) in [6.07, 6.45) is 5.11. The Morgan fingerprint density at radius 1 is 1.11 bits per heavy atom. The molecule has 188 valence electrons. The van der Waals surface area contributed by atoms with Gasteiger partial charge >= 0.3 is 11.9 Å². The molecule has 3 aliphatic rings. The van der Waals surface area contributed by atoms with Gasteiger partial charge in [-0.05, 0) is 69.1 Å². The number of methoxy groups -OCH3 is 1. The van der Waals surface area contributed by atoms with E-state index in [-0.39, 0.29) is 17.8 Å². The number of hydrogen-bond donors (Lipinski definition) is 1. The molecule has 4 rings (SSSR count). The van der Waals surface area contributed by atoms with E-state index in [1.807, 2.05) is 45.0 Å². The fourth-order valence-corrected chi connectivity index (χ4v) is 5.48. The molecule has 7 nitrogen and oxygen atoms in total. The molecule has 0 unspecified atom stereocenters. The highest BCUT2D eigenvalue weighted by atomic mass is 16.5. The number of esters is 2. The van der Waals surface area contributed by atoms with Gasteiger partial charge in [0.25, 0.3) is 0 Å². The van der Waals surface area contributed by atoms with Crippen molar-refractivity contribution in [2.24, 2.45) is 11.8 Å². The Morgan fingerprint density at radius 3 is 2.43 bits per heavy atom. The fraction of sp³-hybridized carbons (Fsp3) is 0.536. The maximum Gasteiger partial charge on any atom is 0.337 e. The van der Waals surface area contributed by atoms with Crippen LogP contribution in [0.25, 0.3) is 0 Å². The Labute approximate surface area is 206 Å². The molecule has 1 fully saturated rings. The molecule has 3 atom stereocenters. The van der Waals surface area contributed by atoms with Crippen LogP contribution in [-0.4, -0.2) is 37.5 Å². The Kier molecular flexibility index (Phi) is 7.63. The first kappa shape index (κ1) is 25.0. The van der Waals surface area contributed by atoms with Crippen LogP contribution in [0, 0.1) is 11.8 Å². The van der Waals surface area contributed by atoms with Crippen LogP contribution in [0.5, 0.6) is 5.75 Å². The molecule has 0 bridgehead atoms. The lowest BCUT2D eigenvalue weighted by molar-refractivity contribution is -0.151. The van der Waals surface area contributed by atoms with E-state index in [1.54, 1.807) is 0 Å². The number of rotatable bonds is 7. The zero-order valence-electron chi connectivity index (χ0n) is 21.0. The summed E-state index contributed by atoms with van der Waals surface area (Å²) < 4.78 is 16.6. The van der Waals surface area contributed by atoms with Crippen molar-refractivity contribution in [2.75, 3.05) is 13.7 Å². The van der Waals surface area contributed by atoms with Gasteiger partial charge in [-0.1, -0.05) is 26.0 Å². The highest BCUT2D eigenvalue weighted by molar-refractivity contribution is 6.12. The number of allylic oxidation sites excluding steroid dienone is 3. The Hall–Kier alpha value is -3.09. The summed E-state index contributed by atoms with van der Waals surface area (Å²) in [5, 5.41) is 3.31. The van der Waals surface area contributed by atoms with Gasteiger partial charge < -0.3 is 19.5 Å². The third-order valence-corrected chi connectivity index (χ3v) is 7.23. The Morgan fingerprint density at radius 2 is 1.80 bits per heavy atom. The largest absolute Gasteiger partial charge is 0.494 e. The third kappa shape index (κ3) is 5.00. The summed E-state index contributed by atoms with van der Waals surface area (Å²) in [5.41, 5.74) is 3.09. The van der Waals surface area contributed by atoms with Crippen molar-refractivity contribution >= 4 is 17.7 Å². The van der Waals surface area contributed by atoms with Crippen LogP contribution in [-0.2, 0) is 23.9 Å². The first-order valence-electron chi connectivity index (χ1n) is 12.6. The first-order chi connectivity index (χ1) is 16.8. The number of ketones is 1. The SMILES string of the molecule is CCCOc1ccc([C@@H]2C(C(=O)OC3CCCC3)=C(C)NC3=C2C(=O)[C@@H](C(=O)OC)[C@H](C)C3)cc1. The lowest BCUT2D eigenvalue weighted by Gasteiger charge is -2.38. The molecule has 35 heavy (non-hydrogen) atoms. The van der Waals surface area contributed by atoms with E-state index >= 15 is 0 Å². The van der Waals surface area contributed by atoms with Gasteiger partial charge in [-0.2, -0.15) is 0 Å². The highest BCUT2D eigenvalue weighted by Crippen LogP contribution is 2.46. The molecule has 2 aliphatic carbocycles. The van der Waals surface area contributed by atoms with E-state index < -0.39 is 23.8 Å². The number of Topliss-reactive ketones (excluding diaryl/α,β-unsaturated/α-hetero) is 1. The van der Waals surface area contributed by atoms with Crippen molar-refractivity contribution in [2.45, 2.75) is 71.3 Å². The average molecular weight is 482 g/mol. The van der Waals surface area contributed by atoms with Gasteiger partial charge in [-0.3, -0.25) is 9.59 Å². The van der Waals surface area contributed by atoms with Gasteiger partial charge in [0, 0.05) is 22.9 Å². The lowest BCUT2D eigenvalue weighted by atomic mass is 9.69. The van der Waals surface area contributed by atoms with E-state index in [1.165, 1.54) is 7.11 Å². The smallest absolute Gasteiger partial charge is 0.337 e. The number of carbonyl (C=O) groups excluding carboxylic acids is 3. The number of carbonyl (C=O) groups is 3. The fourth-order valence-electron chi connectivity index (χ4n) is 5.48. The predicted octanol–water partition coefficient (Wildman–Crippen LogP) is 4.57. The average Bonchev–Trinajstić information content (AvgIpc) is 3.35. The van der Waals surface area contributed by atoms with Gasteiger partial charge in [0.05, 0.1) is 19.3 Å². The maximum atomic E-state index is 13.8. The van der Waals surface area contributed by atoms with Crippen LogP contribution < -0.4 is 10.1 Å². The van der Waals surface area contributed by atoms with Gasteiger partial charge in [0.1, 0.15) is 17.8 Å². The molecule has 0 spiro atoms. The van der Waals surface area contributed by atoms with Crippen molar-refractivity contribution in [3.05, 3.63) is 52.4 Å². The first-order valence-corrected chi connectivity index (χ1v) is 12.6. The minimum absolute atomic E-state index is 0.103. The second-order valence-electron chi connectivity index (χ2n) is 9.76. The second kappa shape index (κ2) is 10.7. The standard InChI is InChI=1S/C28H35NO6/c1-5-14-34-19-12-10-18(11-13-19)24-23(28(32)35-20-8-6-7-9-20)17(3)29-21-15-16(2)22(27(31)33-4)26(30)25(21)24/h10-13,16,20,22,24,29H,5-9,14-15H2,1-4H3/t16-,22+,24-/m1/s1. The minimum Gasteiger partial charge on any atom is -0.494 e. The molecule has 1 saturated carbocycles. The van der Waals surface area contributed by atoms with Crippen molar-refractivity contribution in [3.63, 3.8) is 0 Å². The van der Waals surface area contributed by atoms with E-state index in [0.717, 1.165) is 49.1 Å². The van der Waals surface area contributed by atoms with Gasteiger partial charge in [0.15, 0.2) is 5.78 Å². The molecule has 0 aromatic heterocycles. The normalized spacial score (nSPS) is 24.7. The highest BCUT2D eigenvalue weighted by Gasteiger charge is 2.47. The summed E-state index contributed by atoms with van der Waals surface area (Å²) in [7, 11) is 1.30. The molecule has 1 N–H and O–H groups in total. The number of hydrogen-bond acceptors (Lipinski definition) is 7. The van der Waals surface area contributed by atoms with Crippen LogP contribution in [0.4, 0.5) is 0 Å². The van der Waals surface area contributed by atoms with Crippen molar-refractivity contribution < 1.29 is 28.6 Å². The van der Waals surface area contributed by atoms with E-state index in [2.05, 4.69) is 5.32 Å². The third-order valence-electron chi connectivity index (χ3n) is 7.23. The van der Waals surface area contributed by atoms with Crippen LogP contribution in [0.2, 0.25) is 0 Å². The predicted molar refractivity (Wildman–Crippen MR) is 130 cm³/mol. The topological polar surface area (TPSA) is 90.9 Å². The molecule has 7 heteroatoms. The van der Waals surface area contributed by atoms with Gasteiger partial charge in [0.2, 0.25) is 0 Å². The summed E-state index contributed by atoms with van der Waals surface area (Å²) in [6, 6.07) is 7.49. The zero-order valence-corrected chi connectivity index (χ0v) is 21.0. The molecular formula is C28H35NO6. The van der Waals surface area contributed by atoms with Gasteiger partial charge in [-0.25, -0.2) is 4.79 Å². The van der Waals surface area contributed by atoms with Crippen LogP contribution in [0.1, 0.15) is 70.8 Å². The maximum absolute atomic E-state index is 13.8. The summed E-state index contributed by atoms with van der Waals surface area (Å²) in [5.74, 6) is -2.28. The lowest BCUT2D eigenvalue weighted by Crippen LogP contribution is -2.43.